The van der Waals surface area contributed by atoms with E-state index in [-0.39, 0.29) is 0 Å². The maximum atomic E-state index is 10.3. The number of anilines is 1. The number of benzene rings is 1. The number of nitrogens with zero attached hydrogens (tertiary/aromatic N) is 1. The van der Waals surface area contributed by atoms with E-state index in [9.17, 15) is 5.11 Å². The molecule has 1 aliphatic rings. The standard InChI is InChI=1S/C14H17N3OS/c15-7-9-4-10(6-11(16)5-9)12-8-17-13(19-12)14(18)2-1-3-14/h4-6,8,18H,1-3,7,15-16H2. The Bertz CT molecular complexity index is 604. The number of hydrogen-bond acceptors (Lipinski definition) is 5. The van der Waals surface area contributed by atoms with Gasteiger partial charge in [-0.1, -0.05) is 0 Å². The zero-order valence-electron chi connectivity index (χ0n) is 10.6. The molecule has 0 atom stereocenters. The second-order valence-corrected chi connectivity index (χ2v) is 6.11. The van der Waals surface area contributed by atoms with Gasteiger partial charge in [0.25, 0.3) is 0 Å². The molecule has 4 nitrogen and oxygen atoms in total. The summed E-state index contributed by atoms with van der Waals surface area (Å²) < 4.78 is 0. The van der Waals surface area contributed by atoms with Crippen molar-refractivity contribution in [3.8, 4) is 10.4 Å². The van der Waals surface area contributed by atoms with Crippen molar-refractivity contribution < 1.29 is 5.11 Å². The quantitative estimate of drug-likeness (QED) is 0.750. The summed E-state index contributed by atoms with van der Waals surface area (Å²) in [5.74, 6) is 0. The smallest absolute Gasteiger partial charge is 0.125 e. The topological polar surface area (TPSA) is 85.2 Å². The lowest BCUT2D eigenvalue weighted by molar-refractivity contribution is -0.0389. The SMILES string of the molecule is NCc1cc(N)cc(-c2cnc(C3(O)CCC3)s2)c1. The van der Waals surface area contributed by atoms with Gasteiger partial charge in [0.1, 0.15) is 10.6 Å². The van der Waals surface area contributed by atoms with Crippen molar-refractivity contribution in [1.82, 2.24) is 4.98 Å². The van der Waals surface area contributed by atoms with E-state index in [0.717, 1.165) is 40.3 Å². The van der Waals surface area contributed by atoms with Crippen LogP contribution in [0.3, 0.4) is 0 Å². The maximum Gasteiger partial charge on any atom is 0.125 e. The highest BCUT2D eigenvalue weighted by Crippen LogP contribution is 2.44. The average Bonchev–Trinajstić information content (AvgIpc) is 2.85. The molecule has 0 unspecified atom stereocenters. The Labute approximate surface area is 116 Å². The number of rotatable bonds is 3. The third-order valence-corrected chi connectivity index (χ3v) is 4.86. The number of aliphatic hydroxyl groups is 1. The number of aromatic nitrogens is 1. The van der Waals surface area contributed by atoms with Gasteiger partial charge in [-0.3, -0.25) is 0 Å². The molecule has 3 rings (SSSR count). The molecular formula is C14H17N3OS. The molecule has 0 aliphatic heterocycles. The van der Waals surface area contributed by atoms with Crippen LogP contribution < -0.4 is 11.5 Å². The van der Waals surface area contributed by atoms with Gasteiger partial charge in [-0.15, -0.1) is 11.3 Å². The van der Waals surface area contributed by atoms with Crippen LogP contribution in [0, 0.1) is 0 Å². The van der Waals surface area contributed by atoms with Crippen LogP contribution in [0.2, 0.25) is 0 Å². The lowest BCUT2D eigenvalue weighted by Crippen LogP contribution is -2.33. The van der Waals surface area contributed by atoms with Gasteiger partial charge in [0.15, 0.2) is 0 Å². The third kappa shape index (κ3) is 2.25. The molecular weight excluding hydrogens is 258 g/mol. The molecule has 0 radical (unpaired) electrons. The van der Waals surface area contributed by atoms with Crippen LogP contribution in [0.5, 0.6) is 0 Å². The summed E-state index contributed by atoms with van der Waals surface area (Å²) in [6, 6.07) is 5.82. The van der Waals surface area contributed by atoms with Gasteiger partial charge in [0.2, 0.25) is 0 Å². The first-order valence-electron chi connectivity index (χ1n) is 6.39. The van der Waals surface area contributed by atoms with E-state index in [4.69, 9.17) is 11.5 Å². The van der Waals surface area contributed by atoms with Gasteiger partial charge in [0.05, 0.1) is 4.88 Å². The Morgan fingerprint density at radius 3 is 2.74 bits per heavy atom. The fourth-order valence-corrected chi connectivity index (χ4v) is 3.38. The molecule has 5 N–H and O–H groups in total. The largest absolute Gasteiger partial charge is 0.399 e. The monoisotopic (exact) mass is 275 g/mol. The van der Waals surface area contributed by atoms with Crippen LogP contribution in [0.25, 0.3) is 10.4 Å². The van der Waals surface area contributed by atoms with Gasteiger partial charge in [-0.05, 0) is 48.6 Å². The minimum Gasteiger partial charge on any atom is -0.399 e. The molecule has 0 spiro atoms. The minimum atomic E-state index is -0.695. The summed E-state index contributed by atoms with van der Waals surface area (Å²) in [7, 11) is 0. The van der Waals surface area contributed by atoms with Crippen LogP contribution in [-0.4, -0.2) is 10.1 Å². The first-order chi connectivity index (χ1) is 9.10. The molecule has 1 heterocycles. The van der Waals surface area contributed by atoms with Crippen LogP contribution in [0.15, 0.2) is 24.4 Å². The summed E-state index contributed by atoms with van der Waals surface area (Å²) in [5.41, 5.74) is 13.6. The molecule has 0 bridgehead atoms. The Balaban J connectivity index is 1.96. The van der Waals surface area contributed by atoms with E-state index in [1.165, 1.54) is 11.3 Å². The second kappa shape index (κ2) is 4.59. The zero-order chi connectivity index (χ0) is 13.5. The van der Waals surface area contributed by atoms with E-state index < -0.39 is 5.60 Å². The van der Waals surface area contributed by atoms with Gasteiger partial charge >= 0.3 is 0 Å². The zero-order valence-corrected chi connectivity index (χ0v) is 11.4. The van der Waals surface area contributed by atoms with Crippen LogP contribution in [0.1, 0.15) is 29.8 Å². The average molecular weight is 275 g/mol. The third-order valence-electron chi connectivity index (χ3n) is 3.62. The molecule has 19 heavy (non-hydrogen) atoms. The van der Waals surface area contributed by atoms with E-state index in [1.807, 2.05) is 24.4 Å². The predicted octanol–water partition coefficient (Wildman–Crippen LogP) is 2.22. The van der Waals surface area contributed by atoms with E-state index in [0.29, 0.717) is 12.2 Å². The van der Waals surface area contributed by atoms with Crippen LogP contribution >= 0.6 is 11.3 Å². The van der Waals surface area contributed by atoms with Crippen molar-refractivity contribution >= 4 is 17.0 Å². The minimum absolute atomic E-state index is 0.466. The molecule has 1 aliphatic carbocycles. The van der Waals surface area contributed by atoms with Gasteiger partial charge < -0.3 is 16.6 Å². The summed E-state index contributed by atoms with van der Waals surface area (Å²) >= 11 is 1.54. The Morgan fingerprint density at radius 2 is 2.11 bits per heavy atom. The van der Waals surface area contributed by atoms with E-state index in [2.05, 4.69) is 4.98 Å². The Kier molecular flexibility index (Phi) is 3.05. The fraction of sp³-hybridized carbons (Fsp3) is 0.357. The molecule has 100 valence electrons. The molecule has 0 saturated heterocycles. The molecule has 1 aromatic carbocycles. The number of nitrogen functional groups attached to an aromatic ring is 1. The molecule has 2 aromatic rings. The van der Waals surface area contributed by atoms with E-state index >= 15 is 0 Å². The summed E-state index contributed by atoms with van der Waals surface area (Å²) in [6.45, 7) is 0.466. The highest BCUT2D eigenvalue weighted by molar-refractivity contribution is 7.15. The van der Waals surface area contributed by atoms with Crippen molar-refractivity contribution in [2.75, 3.05) is 5.73 Å². The first-order valence-corrected chi connectivity index (χ1v) is 7.21. The molecule has 1 fully saturated rings. The predicted molar refractivity (Wildman–Crippen MR) is 77.6 cm³/mol. The number of thiazole rings is 1. The summed E-state index contributed by atoms with van der Waals surface area (Å²) in [5, 5.41) is 11.1. The van der Waals surface area contributed by atoms with Crippen molar-refractivity contribution in [2.24, 2.45) is 5.73 Å². The summed E-state index contributed by atoms with van der Waals surface area (Å²) in [4.78, 5) is 5.39. The van der Waals surface area contributed by atoms with Crippen molar-refractivity contribution in [3.05, 3.63) is 35.0 Å². The number of hydrogen-bond donors (Lipinski definition) is 3. The van der Waals surface area contributed by atoms with Gasteiger partial charge in [-0.2, -0.15) is 0 Å². The lowest BCUT2D eigenvalue weighted by atomic mass is 9.81. The molecule has 5 heteroatoms. The number of nitrogens with two attached hydrogens (primary N) is 2. The van der Waals surface area contributed by atoms with Crippen molar-refractivity contribution in [1.29, 1.82) is 0 Å². The van der Waals surface area contributed by atoms with Crippen molar-refractivity contribution in [3.63, 3.8) is 0 Å². The van der Waals surface area contributed by atoms with Crippen molar-refractivity contribution in [2.45, 2.75) is 31.4 Å². The highest BCUT2D eigenvalue weighted by Gasteiger charge is 2.39. The maximum absolute atomic E-state index is 10.3. The van der Waals surface area contributed by atoms with Gasteiger partial charge in [0, 0.05) is 18.4 Å². The molecule has 1 aromatic heterocycles. The van der Waals surface area contributed by atoms with Crippen LogP contribution in [-0.2, 0) is 12.1 Å². The Hall–Kier alpha value is -1.43. The normalized spacial score (nSPS) is 17.2. The summed E-state index contributed by atoms with van der Waals surface area (Å²) in [6.07, 6.45) is 4.50. The molecule has 1 saturated carbocycles. The van der Waals surface area contributed by atoms with Crippen LogP contribution in [0.4, 0.5) is 5.69 Å². The Morgan fingerprint density at radius 1 is 1.32 bits per heavy atom. The highest BCUT2D eigenvalue weighted by atomic mass is 32.1. The molecule has 0 amide bonds. The second-order valence-electron chi connectivity index (χ2n) is 5.08. The first kappa shape index (κ1) is 12.6. The van der Waals surface area contributed by atoms with Gasteiger partial charge in [-0.25, -0.2) is 4.98 Å². The lowest BCUT2D eigenvalue weighted by Gasteiger charge is -2.34. The fourth-order valence-electron chi connectivity index (χ4n) is 2.33. The van der Waals surface area contributed by atoms with E-state index in [1.54, 1.807) is 0 Å².